The number of para-hydroxylation sites is 1. The van der Waals surface area contributed by atoms with Crippen molar-refractivity contribution in [3.05, 3.63) is 66.0 Å². The lowest BCUT2D eigenvalue weighted by Gasteiger charge is -2.20. The summed E-state index contributed by atoms with van der Waals surface area (Å²) < 4.78 is 4.55. The quantitative estimate of drug-likeness (QED) is 0.211. The molecule has 5 rings (SSSR count). The molecule has 1 N–H and O–H groups in total. The predicted octanol–water partition coefficient (Wildman–Crippen LogP) is 0.679. The van der Waals surface area contributed by atoms with Crippen molar-refractivity contribution in [1.29, 1.82) is 0 Å². The zero-order valence-corrected chi connectivity index (χ0v) is 20.2. The lowest BCUT2D eigenvalue weighted by atomic mass is 9.99. The smallest absolute Gasteiger partial charge is 0.385 e. The molecule has 0 aliphatic heterocycles. The maximum Gasteiger partial charge on any atom is 0.385 e. The Balaban J connectivity index is 0.00000231. The van der Waals surface area contributed by atoms with E-state index < -0.39 is 0 Å². The van der Waals surface area contributed by atoms with Crippen LogP contribution in [0.3, 0.4) is 0 Å². The Hall–Kier alpha value is -2.67. The van der Waals surface area contributed by atoms with Gasteiger partial charge in [-0.15, -0.1) is 0 Å². The molecule has 0 spiro atoms. The van der Waals surface area contributed by atoms with Gasteiger partial charge in [0.25, 0.3) is 0 Å². The standard InChI is InChI=1S/C26H25N3O.HI/c1-4-5-13-24(30)27-17-14-15-18-19-10-8-12-22-25(19)26(29(3)23(18)16-17)20-9-6-7-11-21(20)28(22)2;/h6-12,14-16H,4-5,13H2,1-3H3;1H. The molecule has 0 bridgehead atoms. The van der Waals surface area contributed by atoms with E-state index in [1.54, 1.807) is 0 Å². The first kappa shape index (κ1) is 21.6. The van der Waals surface area contributed by atoms with Crippen LogP contribution >= 0.6 is 0 Å². The fourth-order valence-electron chi connectivity index (χ4n) is 4.67. The average molecular weight is 523 g/mol. The minimum absolute atomic E-state index is 0. The van der Waals surface area contributed by atoms with E-state index >= 15 is 0 Å². The minimum atomic E-state index is 0. The van der Waals surface area contributed by atoms with Crippen molar-refractivity contribution in [2.45, 2.75) is 26.2 Å². The summed E-state index contributed by atoms with van der Waals surface area (Å²) in [6, 6.07) is 21.3. The summed E-state index contributed by atoms with van der Waals surface area (Å²) in [6.07, 6.45) is 2.49. The number of unbranched alkanes of at least 4 members (excludes halogenated alkanes) is 1. The van der Waals surface area contributed by atoms with Crippen molar-refractivity contribution >= 4 is 49.5 Å². The Morgan fingerprint density at radius 2 is 1.58 bits per heavy atom. The number of hydrogen-bond donors (Lipinski definition) is 1. The molecular formula is C26H26IN3O. The summed E-state index contributed by atoms with van der Waals surface area (Å²) in [5.41, 5.74) is 4.76. The number of nitrogens with zero attached hydrogens (tertiary/aromatic N) is 2. The van der Waals surface area contributed by atoms with Crippen molar-refractivity contribution in [1.82, 2.24) is 9.13 Å². The molecule has 0 saturated carbocycles. The maximum absolute atomic E-state index is 12.3. The van der Waals surface area contributed by atoms with Gasteiger partial charge in [-0.3, -0.25) is 0 Å². The largest absolute Gasteiger partial charge is 1.00 e. The second kappa shape index (κ2) is 8.46. The van der Waals surface area contributed by atoms with Gasteiger partial charge in [0.05, 0.1) is 28.5 Å². The van der Waals surface area contributed by atoms with E-state index in [9.17, 15) is 4.79 Å². The van der Waals surface area contributed by atoms with E-state index in [1.165, 1.54) is 38.1 Å². The number of aryl methyl sites for hydroxylation is 2. The number of carbonyl (C=O) groups excluding carboxylic acids is 1. The molecule has 0 aliphatic rings. The van der Waals surface area contributed by atoms with Crippen LogP contribution in [-0.2, 0) is 18.9 Å². The first-order chi connectivity index (χ1) is 14.6. The molecule has 5 aromatic rings. The number of halogens is 1. The second-order valence-electron chi connectivity index (χ2n) is 8.07. The molecule has 31 heavy (non-hydrogen) atoms. The third-order valence-corrected chi connectivity index (χ3v) is 6.19. The van der Waals surface area contributed by atoms with Crippen LogP contribution in [0.2, 0.25) is 0 Å². The molecular weight excluding hydrogens is 497 g/mol. The second-order valence-corrected chi connectivity index (χ2v) is 8.07. The zero-order valence-electron chi connectivity index (χ0n) is 18.1. The van der Waals surface area contributed by atoms with Gasteiger partial charge in [-0.05, 0) is 30.0 Å². The third kappa shape index (κ3) is 3.45. The van der Waals surface area contributed by atoms with Crippen LogP contribution in [0.5, 0.6) is 0 Å². The summed E-state index contributed by atoms with van der Waals surface area (Å²) in [7, 11) is 4.26. The van der Waals surface area contributed by atoms with Crippen LogP contribution in [0.15, 0.2) is 60.7 Å². The highest BCUT2D eigenvalue weighted by Gasteiger charge is 2.16. The zero-order chi connectivity index (χ0) is 20.8. The lowest BCUT2D eigenvalue weighted by Crippen LogP contribution is -3.00. The minimum Gasteiger partial charge on any atom is -1.00 e. The summed E-state index contributed by atoms with van der Waals surface area (Å²) in [6.45, 7) is 2.10. The van der Waals surface area contributed by atoms with Gasteiger partial charge in [0.2, 0.25) is 5.36 Å². The Labute approximate surface area is 198 Å². The van der Waals surface area contributed by atoms with Crippen LogP contribution in [-0.4, -0.2) is 15.0 Å². The fourth-order valence-corrected chi connectivity index (χ4v) is 4.67. The van der Waals surface area contributed by atoms with Gasteiger partial charge in [-0.1, -0.05) is 43.7 Å². The molecule has 4 nitrogen and oxygen atoms in total. The Morgan fingerprint density at radius 3 is 2.39 bits per heavy atom. The highest BCUT2D eigenvalue weighted by atomic mass is 127. The normalized spacial score (nSPS) is 12.2. The van der Waals surface area contributed by atoms with E-state index in [0.29, 0.717) is 6.42 Å². The highest BCUT2D eigenvalue weighted by Crippen LogP contribution is 2.36. The van der Waals surface area contributed by atoms with Gasteiger partial charge >= 0.3 is 5.91 Å². The number of benzene rings is 3. The van der Waals surface area contributed by atoms with Crippen molar-refractivity contribution in [2.75, 3.05) is 0 Å². The van der Waals surface area contributed by atoms with Crippen LogP contribution in [0, 0.1) is 0 Å². The van der Waals surface area contributed by atoms with E-state index in [-0.39, 0.29) is 29.9 Å². The topological polar surface area (TPSA) is 40.9 Å². The maximum atomic E-state index is 12.3. The predicted molar refractivity (Wildman–Crippen MR) is 123 cm³/mol. The molecule has 3 aromatic carbocycles. The number of pyridine rings is 2. The summed E-state index contributed by atoms with van der Waals surface area (Å²) in [5.74, 6) is 0.0789. The van der Waals surface area contributed by atoms with Gasteiger partial charge in [-0.2, -0.15) is 4.99 Å². The molecule has 0 aliphatic carbocycles. The number of amides is 1. The molecule has 2 heterocycles. The molecule has 0 fully saturated rings. The fraction of sp³-hybridized carbons (Fsp3) is 0.231. The van der Waals surface area contributed by atoms with Gasteiger partial charge in [-0.25, -0.2) is 4.79 Å². The van der Waals surface area contributed by atoms with Crippen molar-refractivity contribution in [3.63, 3.8) is 0 Å². The molecule has 0 saturated heterocycles. The lowest BCUT2D eigenvalue weighted by molar-refractivity contribution is -0.417. The van der Waals surface area contributed by atoms with Gasteiger partial charge in [0, 0.05) is 42.4 Å². The van der Waals surface area contributed by atoms with E-state index in [4.69, 9.17) is 0 Å². The number of hydrogen-bond acceptors (Lipinski definition) is 1. The average Bonchev–Trinajstić information content (AvgIpc) is 2.77. The third-order valence-electron chi connectivity index (χ3n) is 6.19. The monoisotopic (exact) mass is 523 g/mol. The highest BCUT2D eigenvalue weighted by molar-refractivity contribution is 6.24. The van der Waals surface area contributed by atoms with E-state index in [2.05, 4.69) is 89.7 Å². The Bertz CT molecular complexity index is 1520. The Morgan fingerprint density at radius 1 is 0.839 bits per heavy atom. The SMILES string of the molecule is CCCCC(=O)[NH+]=c1ccc2c3cccc4c3c(c3ccccc3n4C)n(C)c2c1.[I-]. The number of fused-ring (bicyclic) bond motifs is 4. The molecule has 2 aromatic heterocycles. The molecule has 158 valence electrons. The van der Waals surface area contributed by atoms with Crippen molar-refractivity contribution in [3.8, 4) is 0 Å². The Kier molecular flexibility index (Phi) is 5.88. The van der Waals surface area contributed by atoms with Crippen molar-refractivity contribution < 1.29 is 33.8 Å². The summed E-state index contributed by atoms with van der Waals surface area (Å²) in [5, 5.41) is 5.78. The number of carbonyl (C=O) groups is 1. The van der Waals surface area contributed by atoms with Crippen LogP contribution in [0.4, 0.5) is 0 Å². The first-order valence-corrected chi connectivity index (χ1v) is 10.6. The van der Waals surface area contributed by atoms with Crippen LogP contribution in [0.25, 0.3) is 43.6 Å². The van der Waals surface area contributed by atoms with Crippen LogP contribution < -0.4 is 34.3 Å². The van der Waals surface area contributed by atoms with E-state index in [1.807, 2.05) is 6.07 Å². The molecule has 0 atom stereocenters. The van der Waals surface area contributed by atoms with Crippen LogP contribution in [0.1, 0.15) is 26.2 Å². The van der Waals surface area contributed by atoms with Gasteiger partial charge < -0.3 is 33.1 Å². The summed E-state index contributed by atoms with van der Waals surface area (Å²) >= 11 is 0. The van der Waals surface area contributed by atoms with Crippen molar-refractivity contribution in [2.24, 2.45) is 14.1 Å². The number of nitrogens with one attached hydrogen (secondary N) is 1. The molecule has 0 unspecified atom stereocenters. The first-order valence-electron chi connectivity index (χ1n) is 10.6. The molecule has 0 radical (unpaired) electrons. The number of aromatic nitrogens is 2. The van der Waals surface area contributed by atoms with E-state index in [0.717, 1.165) is 23.7 Å². The molecule has 1 amide bonds. The van der Waals surface area contributed by atoms with Gasteiger partial charge in [0.15, 0.2) is 0 Å². The summed E-state index contributed by atoms with van der Waals surface area (Å²) in [4.78, 5) is 15.3. The number of rotatable bonds is 3. The van der Waals surface area contributed by atoms with Gasteiger partial charge in [0.1, 0.15) is 0 Å². The molecule has 5 heteroatoms.